The number of rotatable bonds is 4. The fourth-order valence-electron chi connectivity index (χ4n) is 1.68. The van der Waals surface area contributed by atoms with Crippen LogP contribution in [0.1, 0.15) is 18.5 Å². The second kappa shape index (κ2) is 3.62. The molecule has 6 nitrogen and oxygen atoms in total. The quantitative estimate of drug-likeness (QED) is 0.585. The lowest BCUT2D eigenvalue weighted by molar-refractivity contribution is -0.390. The maximum absolute atomic E-state index is 10.7. The molecule has 1 aromatic rings. The molecule has 1 N–H and O–H groups in total. The highest BCUT2D eigenvalue weighted by Crippen LogP contribution is 2.34. The Morgan fingerprint density at radius 3 is 3.00 bits per heavy atom. The van der Waals surface area contributed by atoms with Crippen molar-refractivity contribution in [2.45, 2.75) is 25.4 Å². The standard InChI is InChI=1S/C9H13N3O3/c1-11-5-10-9(12(14)15)7(11)4-8(13)6-2-3-6/h5-6,8,13H,2-4H2,1H3. The third kappa shape index (κ3) is 1.99. The van der Waals surface area contributed by atoms with E-state index in [9.17, 15) is 15.2 Å². The first-order valence-corrected chi connectivity index (χ1v) is 4.92. The van der Waals surface area contributed by atoms with Crippen molar-refractivity contribution in [3.63, 3.8) is 0 Å². The zero-order valence-corrected chi connectivity index (χ0v) is 8.46. The summed E-state index contributed by atoms with van der Waals surface area (Å²) in [6.07, 6.45) is 3.29. The molecule has 0 bridgehead atoms. The van der Waals surface area contributed by atoms with E-state index in [1.165, 1.54) is 6.33 Å². The molecule has 0 spiro atoms. The van der Waals surface area contributed by atoms with E-state index < -0.39 is 11.0 Å². The van der Waals surface area contributed by atoms with Gasteiger partial charge in [-0.25, -0.2) is 0 Å². The van der Waals surface area contributed by atoms with Gasteiger partial charge in [-0.15, -0.1) is 0 Å². The molecule has 1 unspecified atom stereocenters. The van der Waals surface area contributed by atoms with Gasteiger partial charge in [-0.05, 0) is 28.7 Å². The number of aryl methyl sites for hydroxylation is 1. The maximum Gasteiger partial charge on any atom is 0.384 e. The molecule has 2 rings (SSSR count). The van der Waals surface area contributed by atoms with Gasteiger partial charge in [0.2, 0.25) is 6.33 Å². The number of aliphatic hydroxyl groups is 1. The first-order valence-electron chi connectivity index (χ1n) is 4.92. The highest BCUT2D eigenvalue weighted by Gasteiger charge is 2.32. The van der Waals surface area contributed by atoms with Gasteiger partial charge in [0.1, 0.15) is 5.69 Å². The predicted molar refractivity (Wildman–Crippen MR) is 52.3 cm³/mol. The Hall–Kier alpha value is -1.43. The lowest BCUT2D eigenvalue weighted by Crippen LogP contribution is -2.15. The number of hydrogen-bond acceptors (Lipinski definition) is 4. The smallest absolute Gasteiger partial charge is 0.384 e. The van der Waals surface area contributed by atoms with Crippen LogP contribution in [0.25, 0.3) is 0 Å². The van der Waals surface area contributed by atoms with E-state index in [1.54, 1.807) is 11.6 Å². The molecular formula is C9H13N3O3. The molecule has 82 valence electrons. The normalized spacial score (nSPS) is 17.7. The lowest BCUT2D eigenvalue weighted by Gasteiger charge is -2.08. The number of imidazole rings is 1. The molecule has 0 radical (unpaired) electrons. The Kier molecular flexibility index (Phi) is 2.44. The fraction of sp³-hybridized carbons (Fsp3) is 0.667. The van der Waals surface area contributed by atoms with Crippen molar-refractivity contribution in [1.29, 1.82) is 0 Å². The molecule has 1 fully saturated rings. The largest absolute Gasteiger partial charge is 0.392 e. The van der Waals surface area contributed by atoms with Gasteiger partial charge in [-0.1, -0.05) is 0 Å². The van der Waals surface area contributed by atoms with Crippen molar-refractivity contribution in [1.82, 2.24) is 9.55 Å². The van der Waals surface area contributed by atoms with Crippen LogP contribution in [-0.2, 0) is 13.5 Å². The molecule has 1 aliphatic carbocycles. The summed E-state index contributed by atoms with van der Waals surface area (Å²) in [6.45, 7) is 0. The van der Waals surface area contributed by atoms with E-state index in [4.69, 9.17) is 0 Å². The monoisotopic (exact) mass is 211 g/mol. The second-order valence-corrected chi connectivity index (χ2v) is 3.99. The summed E-state index contributed by atoms with van der Waals surface area (Å²) in [5.41, 5.74) is 0.499. The van der Waals surface area contributed by atoms with Crippen LogP contribution in [0.5, 0.6) is 0 Å². The minimum Gasteiger partial charge on any atom is -0.392 e. The minimum atomic E-state index is -0.505. The van der Waals surface area contributed by atoms with Crippen molar-refractivity contribution in [2.75, 3.05) is 0 Å². The zero-order chi connectivity index (χ0) is 11.0. The average Bonchev–Trinajstić information content (AvgIpc) is 2.94. The Labute approximate surface area is 86.7 Å². The van der Waals surface area contributed by atoms with E-state index in [-0.39, 0.29) is 5.82 Å². The van der Waals surface area contributed by atoms with Crippen LogP contribution >= 0.6 is 0 Å². The van der Waals surface area contributed by atoms with Gasteiger partial charge in [0.05, 0.1) is 6.10 Å². The molecule has 0 amide bonds. The molecule has 1 aliphatic rings. The molecule has 0 saturated heterocycles. The average molecular weight is 211 g/mol. The molecule has 1 aromatic heterocycles. The van der Waals surface area contributed by atoms with E-state index in [0.717, 1.165) is 12.8 Å². The number of aromatic nitrogens is 2. The number of aliphatic hydroxyl groups excluding tert-OH is 1. The highest BCUT2D eigenvalue weighted by molar-refractivity contribution is 5.27. The Morgan fingerprint density at radius 1 is 1.80 bits per heavy atom. The van der Waals surface area contributed by atoms with Crippen molar-refractivity contribution < 1.29 is 10.0 Å². The van der Waals surface area contributed by atoms with Gasteiger partial charge in [-0.3, -0.25) is 0 Å². The molecule has 6 heteroatoms. The van der Waals surface area contributed by atoms with Gasteiger partial charge in [0.15, 0.2) is 0 Å². The van der Waals surface area contributed by atoms with E-state index in [2.05, 4.69) is 4.98 Å². The van der Waals surface area contributed by atoms with E-state index >= 15 is 0 Å². The van der Waals surface area contributed by atoms with Gasteiger partial charge in [0, 0.05) is 13.5 Å². The van der Waals surface area contributed by atoms with Crippen molar-refractivity contribution in [2.24, 2.45) is 13.0 Å². The van der Waals surface area contributed by atoms with E-state index in [0.29, 0.717) is 18.0 Å². The van der Waals surface area contributed by atoms with E-state index in [1.807, 2.05) is 0 Å². The molecule has 15 heavy (non-hydrogen) atoms. The molecule has 0 aliphatic heterocycles. The van der Waals surface area contributed by atoms with Gasteiger partial charge in [0.25, 0.3) is 0 Å². The summed E-state index contributed by atoms with van der Waals surface area (Å²) in [4.78, 5) is 13.8. The number of nitro groups is 1. The van der Waals surface area contributed by atoms with Crippen LogP contribution in [0.15, 0.2) is 6.33 Å². The molecular weight excluding hydrogens is 198 g/mol. The van der Waals surface area contributed by atoms with Crippen LogP contribution in [-0.4, -0.2) is 25.7 Å². The lowest BCUT2D eigenvalue weighted by atomic mass is 10.1. The van der Waals surface area contributed by atoms with Gasteiger partial charge < -0.3 is 19.8 Å². The summed E-state index contributed by atoms with van der Waals surface area (Å²) < 4.78 is 1.60. The number of nitrogens with zero attached hydrogens (tertiary/aromatic N) is 3. The molecule has 0 aromatic carbocycles. The third-order valence-corrected chi connectivity index (χ3v) is 2.78. The number of hydrogen-bond donors (Lipinski definition) is 1. The highest BCUT2D eigenvalue weighted by atomic mass is 16.6. The van der Waals surface area contributed by atoms with Crippen LogP contribution in [0.4, 0.5) is 5.82 Å². The summed E-state index contributed by atoms with van der Waals surface area (Å²) in [5, 5.41) is 20.4. The second-order valence-electron chi connectivity index (χ2n) is 3.99. The summed E-state index contributed by atoms with van der Waals surface area (Å²) in [6, 6.07) is 0. The van der Waals surface area contributed by atoms with Crippen LogP contribution < -0.4 is 0 Å². The third-order valence-electron chi connectivity index (χ3n) is 2.78. The van der Waals surface area contributed by atoms with Crippen LogP contribution in [0.2, 0.25) is 0 Å². The first-order chi connectivity index (χ1) is 7.09. The molecule has 1 saturated carbocycles. The van der Waals surface area contributed by atoms with Crippen molar-refractivity contribution in [3.05, 3.63) is 22.1 Å². The molecule has 1 atom stereocenters. The summed E-state index contributed by atoms with van der Waals surface area (Å²) in [7, 11) is 1.70. The maximum atomic E-state index is 10.7. The first kappa shape index (κ1) is 10.1. The zero-order valence-electron chi connectivity index (χ0n) is 8.46. The van der Waals surface area contributed by atoms with Gasteiger partial charge in [-0.2, -0.15) is 0 Å². The predicted octanol–water partition coefficient (Wildman–Crippen LogP) is 0.642. The summed E-state index contributed by atoms with van der Waals surface area (Å²) in [5.74, 6) is 0.178. The van der Waals surface area contributed by atoms with Crippen LogP contribution in [0.3, 0.4) is 0 Å². The van der Waals surface area contributed by atoms with Crippen molar-refractivity contribution >= 4 is 5.82 Å². The van der Waals surface area contributed by atoms with Gasteiger partial charge >= 0.3 is 5.82 Å². The Balaban J connectivity index is 2.17. The Bertz CT molecular complexity index is 384. The summed E-state index contributed by atoms with van der Waals surface area (Å²) >= 11 is 0. The topological polar surface area (TPSA) is 81.2 Å². The minimum absolute atomic E-state index is 0.141. The molecule has 1 heterocycles. The Morgan fingerprint density at radius 2 is 2.47 bits per heavy atom. The SMILES string of the molecule is Cn1cnc([N+](=O)[O-])c1CC(O)C1CC1. The fourth-order valence-corrected chi connectivity index (χ4v) is 1.68. The van der Waals surface area contributed by atoms with Crippen molar-refractivity contribution in [3.8, 4) is 0 Å². The van der Waals surface area contributed by atoms with Crippen LogP contribution in [0, 0.1) is 16.0 Å².